The van der Waals surface area contributed by atoms with Crippen molar-refractivity contribution < 1.29 is 18.3 Å². The molecule has 1 aromatic heterocycles. The van der Waals surface area contributed by atoms with Gasteiger partial charge in [-0.1, -0.05) is 0 Å². The zero-order valence-electron chi connectivity index (χ0n) is 10.2. The summed E-state index contributed by atoms with van der Waals surface area (Å²) >= 11 is 0.821. The van der Waals surface area contributed by atoms with Crippen LogP contribution in [0.2, 0.25) is 0 Å². The fourth-order valence-corrected chi connectivity index (χ4v) is 4.70. The Morgan fingerprint density at radius 3 is 2.61 bits per heavy atom. The topological polar surface area (TPSA) is 74.7 Å². The summed E-state index contributed by atoms with van der Waals surface area (Å²) in [6.07, 6.45) is 2.15. The molecule has 0 spiro atoms. The monoisotopic (exact) mass is 289 g/mol. The maximum atomic E-state index is 12.3. The van der Waals surface area contributed by atoms with Crippen molar-refractivity contribution in [3.63, 3.8) is 0 Å². The van der Waals surface area contributed by atoms with Crippen LogP contribution in [0.15, 0.2) is 10.3 Å². The van der Waals surface area contributed by atoms with E-state index in [0.717, 1.165) is 24.2 Å². The Hall–Kier alpha value is -0.920. The third kappa shape index (κ3) is 2.57. The van der Waals surface area contributed by atoms with Crippen LogP contribution in [0.4, 0.5) is 0 Å². The molecule has 0 unspecified atom stereocenters. The SMILES string of the molecule is Cc1cc(C(=O)O)sc1S(=O)(=O)N(C)CC1CC1. The van der Waals surface area contributed by atoms with Gasteiger partial charge in [0.15, 0.2) is 0 Å². The predicted molar refractivity (Wildman–Crippen MR) is 68.6 cm³/mol. The first-order valence-corrected chi connectivity index (χ1v) is 7.88. The normalized spacial score (nSPS) is 16.2. The summed E-state index contributed by atoms with van der Waals surface area (Å²) in [5, 5.41) is 8.88. The van der Waals surface area contributed by atoms with Crippen LogP contribution in [0.5, 0.6) is 0 Å². The summed E-state index contributed by atoms with van der Waals surface area (Å²) in [5.41, 5.74) is 0.500. The Kier molecular flexibility index (Phi) is 3.48. The van der Waals surface area contributed by atoms with Gasteiger partial charge in [0.2, 0.25) is 0 Å². The second-order valence-corrected chi connectivity index (χ2v) is 7.91. The van der Waals surface area contributed by atoms with E-state index in [1.807, 2.05) is 0 Å². The van der Waals surface area contributed by atoms with Crippen LogP contribution in [0.3, 0.4) is 0 Å². The maximum Gasteiger partial charge on any atom is 0.345 e. The molecule has 1 aliphatic rings. The zero-order chi connectivity index (χ0) is 13.5. The number of hydrogen-bond acceptors (Lipinski definition) is 4. The molecule has 18 heavy (non-hydrogen) atoms. The minimum absolute atomic E-state index is 0.0610. The molecule has 1 fully saturated rings. The van der Waals surface area contributed by atoms with Gasteiger partial charge in [-0.25, -0.2) is 13.2 Å². The lowest BCUT2D eigenvalue weighted by Gasteiger charge is -2.16. The summed E-state index contributed by atoms with van der Waals surface area (Å²) in [6.45, 7) is 2.14. The quantitative estimate of drug-likeness (QED) is 0.896. The highest BCUT2D eigenvalue weighted by Gasteiger charge is 2.31. The molecule has 5 nitrogen and oxygen atoms in total. The van der Waals surface area contributed by atoms with Crippen LogP contribution in [-0.2, 0) is 10.0 Å². The molecule has 7 heteroatoms. The van der Waals surface area contributed by atoms with Gasteiger partial charge in [-0.15, -0.1) is 11.3 Å². The van der Waals surface area contributed by atoms with E-state index in [1.165, 1.54) is 10.4 Å². The highest BCUT2D eigenvalue weighted by atomic mass is 32.2. The van der Waals surface area contributed by atoms with E-state index in [-0.39, 0.29) is 9.09 Å². The summed E-state index contributed by atoms with van der Waals surface area (Å²) < 4.78 is 26.1. The van der Waals surface area contributed by atoms with Gasteiger partial charge >= 0.3 is 5.97 Å². The molecule has 0 bridgehead atoms. The minimum atomic E-state index is -3.55. The number of sulfonamides is 1. The first-order chi connectivity index (χ1) is 8.32. The largest absolute Gasteiger partial charge is 0.477 e. The molecule has 0 atom stereocenters. The molecule has 0 saturated heterocycles. The van der Waals surface area contributed by atoms with Crippen molar-refractivity contribution in [3.05, 3.63) is 16.5 Å². The van der Waals surface area contributed by atoms with Gasteiger partial charge in [-0.3, -0.25) is 0 Å². The van der Waals surface area contributed by atoms with Gasteiger partial charge in [-0.2, -0.15) is 4.31 Å². The van der Waals surface area contributed by atoms with Crippen molar-refractivity contribution in [2.45, 2.75) is 24.0 Å². The number of carboxylic acids is 1. The van der Waals surface area contributed by atoms with Crippen LogP contribution in [0.25, 0.3) is 0 Å². The fourth-order valence-electron chi connectivity index (χ4n) is 1.73. The molecule has 1 saturated carbocycles. The Morgan fingerprint density at radius 1 is 1.56 bits per heavy atom. The molecule has 0 radical (unpaired) electrons. The Balaban J connectivity index is 2.30. The van der Waals surface area contributed by atoms with Crippen molar-refractivity contribution in [2.24, 2.45) is 5.92 Å². The van der Waals surface area contributed by atoms with Crippen molar-refractivity contribution in [2.75, 3.05) is 13.6 Å². The second kappa shape index (κ2) is 4.64. The van der Waals surface area contributed by atoms with E-state index >= 15 is 0 Å². The molecule has 1 aromatic rings. The van der Waals surface area contributed by atoms with E-state index in [0.29, 0.717) is 18.0 Å². The van der Waals surface area contributed by atoms with Gasteiger partial charge < -0.3 is 5.11 Å². The predicted octanol–water partition coefficient (Wildman–Crippen LogP) is 1.79. The molecule has 1 heterocycles. The molecule has 1 N–H and O–H groups in total. The summed E-state index contributed by atoms with van der Waals surface area (Å²) in [7, 11) is -2.00. The van der Waals surface area contributed by atoms with E-state index < -0.39 is 16.0 Å². The number of rotatable bonds is 5. The van der Waals surface area contributed by atoms with Crippen molar-refractivity contribution in [3.8, 4) is 0 Å². The summed E-state index contributed by atoms with van der Waals surface area (Å²) in [4.78, 5) is 10.9. The Labute approximate surface area is 110 Å². The van der Waals surface area contributed by atoms with Gasteiger partial charge in [-0.05, 0) is 37.3 Å². The number of aromatic carboxylic acids is 1. The van der Waals surface area contributed by atoms with E-state index in [4.69, 9.17) is 5.11 Å². The van der Waals surface area contributed by atoms with Crippen molar-refractivity contribution >= 4 is 27.3 Å². The number of thiophene rings is 1. The van der Waals surface area contributed by atoms with Crippen molar-refractivity contribution in [1.29, 1.82) is 0 Å². The van der Waals surface area contributed by atoms with Crippen molar-refractivity contribution in [1.82, 2.24) is 4.31 Å². The molecular weight excluding hydrogens is 274 g/mol. The fraction of sp³-hybridized carbons (Fsp3) is 0.545. The lowest BCUT2D eigenvalue weighted by atomic mass is 10.3. The number of carbonyl (C=O) groups is 1. The molecule has 100 valence electrons. The average Bonchev–Trinajstić information content (AvgIpc) is 2.98. The van der Waals surface area contributed by atoms with Gasteiger partial charge in [0.25, 0.3) is 10.0 Å². The van der Waals surface area contributed by atoms with E-state index in [2.05, 4.69) is 0 Å². The molecule has 1 aliphatic carbocycles. The summed E-state index contributed by atoms with van der Waals surface area (Å²) in [5.74, 6) is -0.626. The van der Waals surface area contributed by atoms with Gasteiger partial charge in [0, 0.05) is 13.6 Å². The standard InChI is InChI=1S/C11H15NO4S2/c1-7-5-9(10(13)14)17-11(7)18(15,16)12(2)6-8-3-4-8/h5,8H,3-4,6H2,1-2H3,(H,13,14). The van der Waals surface area contributed by atoms with Gasteiger partial charge in [0.05, 0.1) is 0 Å². The van der Waals surface area contributed by atoms with Crippen LogP contribution >= 0.6 is 11.3 Å². The average molecular weight is 289 g/mol. The highest BCUT2D eigenvalue weighted by molar-refractivity contribution is 7.91. The van der Waals surface area contributed by atoms with Crippen LogP contribution < -0.4 is 0 Å². The third-order valence-corrected chi connectivity index (χ3v) is 6.60. The first kappa shape index (κ1) is 13.5. The molecule has 0 amide bonds. The highest BCUT2D eigenvalue weighted by Crippen LogP contribution is 2.33. The lowest BCUT2D eigenvalue weighted by Crippen LogP contribution is -2.28. The Morgan fingerprint density at radius 2 is 2.17 bits per heavy atom. The van der Waals surface area contributed by atoms with Crippen LogP contribution in [0.1, 0.15) is 28.1 Å². The van der Waals surface area contributed by atoms with E-state index in [1.54, 1.807) is 14.0 Å². The first-order valence-electron chi connectivity index (χ1n) is 5.62. The molecule has 0 aromatic carbocycles. The summed E-state index contributed by atoms with van der Waals surface area (Å²) in [6, 6.07) is 1.41. The van der Waals surface area contributed by atoms with Crippen LogP contribution in [-0.4, -0.2) is 37.4 Å². The van der Waals surface area contributed by atoms with E-state index in [9.17, 15) is 13.2 Å². The smallest absolute Gasteiger partial charge is 0.345 e. The number of nitrogens with zero attached hydrogens (tertiary/aromatic N) is 1. The number of aryl methyl sites for hydroxylation is 1. The molecule has 0 aliphatic heterocycles. The molecular formula is C11H15NO4S2. The van der Waals surface area contributed by atoms with Gasteiger partial charge in [0.1, 0.15) is 9.09 Å². The number of carboxylic acid groups (broad SMARTS) is 1. The number of hydrogen-bond donors (Lipinski definition) is 1. The third-order valence-electron chi connectivity index (χ3n) is 2.94. The van der Waals surface area contributed by atoms with Crippen LogP contribution in [0, 0.1) is 12.8 Å². The Bertz CT molecular complexity index is 572. The maximum absolute atomic E-state index is 12.3. The second-order valence-electron chi connectivity index (χ2n) is 4.62. The minimum Gasteiger partial charge on any atom is -0.477 e. The lowest BCUT2D eigenvalue weighted by molar-refractivity contribution is 0.0702. The zero-order valence-corrected chi connectivity index (χ0v) is 11.8. The molecule has 2 rings (SSSR count).